The number of aromatic nitrogens is 2. The lowest BCUT2D eigenvalue weighted by Gasteiger charge is -2.21. The average molecular weight is 376 g/mol. The van der Waals surface area contributed by atoms with Crippen LogP contribution in [-0.2, 0) is 15.5 Å². The monoisotopic (exact) mass is 376 g/mol. The van der Waals surface area contributed by atoms with Gasteiger partial charge in [0.15, 0.2) is 0 Å². The number of nitrogens with zero attached hydrogens (tertiary/aromatic N) is 2. The summed E-state index contributed by atoms with van der Waals surface area (Å²) in [7, 11) is -0.557. The van der Waals surface area contributed by atoms with Crippen LogP contribution in [0.25, 0.3) is 22.7 Å². The average Bonchev–Trinajstić information content (AvgIpc) is 3.14. The summed E-state index contributed by atoms with van der Waals surface area (Å²) in [6.07, 6.45) is -2.89. The quantitative estimate of drug-likeness (QED) is 0.637. The van der Waals surface area contributed by atoms with E-state index < -0.39 is 24.5 Å². The van der Waals surface area contributed by atoms with Gasteiger partial charge in [0.25, 0.3) is 0 Å². The molecule has 0 spiro atoms. The van der Waals surface area contributed by atoms with E-state index in [1.54, 1.807) is 12.3 Å². The van der Waals surface area contributed by atoms with E-state index in [0.717, 1.165) is 12.1 Å². The van der Waals surface area contributed by atoms with Gasteiger partial charge in [-0.25, -0.2) is 9.97 Å². The van der Waals surface area contributed by atoms with Crippen LogP contribution in [0, 0.1) is 0 Å². The Hall–Kier alpha value is -2.39. The summed E-state index contributed by atoms with van der Waals surface area (Å²) >= 11 is 0. The maximum Gasteiger partial charge on any atom is 0.496 e. The number of hydrogen-bond donors (Lipinski definition) is 0. The molecule has 1 fully saturated rings. The number of alkyl halides is 3. The van der Waals surface area contributed by atoms with Gasteiger partial charge in [0.2, 0.25) is 11.6 Å². The second-order valence-electron chi connectivity index (χ2n) is 7.02. The SMILES string of the molecule is CC1OB(c2cnc3oc(-c4ccc(C(F)(F)F)cc4)nc3c2)OC1(C)C. The highest BCUT2D eigenvalue weighted by Crippen LogP contribution is 2.31. The van der Waals surface area contributed by atoms with Crippen molar-refractivity contribution in [1.29, 1.82) is 0 Å². The van der Waals surface area contributed by atoms with Gasteiger partial charge in [0, 0.05) is 17.2 Å². The van der Waals surface area contributed by atoms with Gasteiger partial charge in [-0.05, 0) is 51.1 Å². The molecule has 5 nitrogen and oxygen atoms in total. The third-order valence-corrected chi connectivity index (χ3v) is 4.72. The van der Waals surface area contributed by atoms with E-state index in [4.69, 9.17) is 13.7 Å². The molecule has 140 valence electrons. The number of oxazole rings is 1. The zero-order chi connectivity index (χ0) is 19.4. The van der Waals surface area contributed by atoms with Crippen LogP contribution in [0.1, 0.15) is 26.3 Å². The number of hydrogen-bond acceptors (Lipinski definition) is 5. The van der Waals surface area contributed by atoms with Crippen molar-refractivity contribution in [1.82, 2.24) is 9.97 Å². The summed E-state index contributed by atoms with van der Waals surface area (Å²) in [5, 5.41) is 0. The van der Waals surface area contributed by atoms with Crippen molar-refractivity contribution >= 4 is 23.8 Å². The highest BCUT2D eigenvalue weighted by atomic mass is 19.4. The van der Waals surface area contributed by atoms with Gasteiger partial charge in [0.05, 0.1) is 17.3 Å². The van der Waals surface area contributed by atoms with Crippen LogP contribution >= 0.6 is 0 Å². The molecular weight excluding hydrogens is 360 g/mol. The van der Waals surface area contributed by atoms with Gasteiger partial charge >= 0.3 is 13.3 Å². The lowest BCUT2D eigenvalue weighted by Crippen LogP contribution is -2.35. The molecular formula is C18H16BF3N2O3. The van der Waals surface area contributed by atoms with Gasteiger partial charge in [-0.1, -0.05) is 0 Å². The predicted octanol–water partition coefficient (Wildman–Crippen LogP) is 3.82. The lowest BCUT2D eigenvalue weighted by molar-refractivity contribution is -0.137. The maximum absolute atomic E-state index is 12.7. The fourth-order valence-corrected chi connectivity index (χ4v) is 2.79. The molecule has 0 saturated carbocycles. The lowest BCUT2D eigenvalue weighted by atomic mass is 9.80. The van der Waals surface area contributed by atoms with E-state index in [9.17, 15) is 13.2 Å². The van der Waals surface area contributed by atoms with Gasteiger partial charge < -0.3 is 13.7 Å². The summed E-state index contributed by atoms with van der Waals surface area (Å²) in [5.41, 5.74) is 0.758. The minimum Gasteiger partial charge on any atom is -0.418 e. The summed E-state index contributed by atoms with van der Waals surface area (Å²) in [4.78, 5) is 8.57. The summed E-state index contributed by atoms with van der Waals surface area (Å²) in [6, 6.07) is 6.38. The van der Waals surface area contributed by atoms with Crippen LogP contribution in [0.5, 0.6) is 0 Å². The highest BCUT2D eigenvalue weighted by Gasteiger charge is 2.44. The van der Waals surface area contributed by atoms with Crippen LogP contribution in [0.3, 0.4) is 0 Å². The molecule has 0 aliphatic carbocycles. The molecule has 1 saturated heterocycles. The Labute approximate surface area is 153 Å². The Bertz CT molecular complexity index is 986. The summed E-state index contributed by atoms with van der Waals surface area (Å²) in [5.74, 6) is 0.199. The standard InChI is InChI=1S/C18H16BF3N2O3/c1-10-17(2,3)27-19(26-10)13-8-14-16(23-9-13)25-15(24-14)11-4-6-12(7-5-11)18(20,21)22/h4-10H,1-3H3. The predicted molar refractivity (Wildman–Crippen MR) is 93.3 cm³/mol. The zero-order valence-electron chi connectivity index (χ0n) is 14.9. The van der Waals surface area contributed by atoms with Crippen molar-refractivity contribution in [2.75, 3.05) is 0 Å². The molecule has 1 aliphatic rings. The fraction of sp³-hybridized carbons (Fsp3) is 0.333. The third kappa shape index (κ3) is 3.32. The molecule has 27 heavy (non-hydrogen) atoms. The minimum absolute atomic E-state index is 0.0850. The smallest absolute Gasteiger partial charge is 0.418 e. The Morgan fingerprint density at radius 3 is 2.44 bits per heavy atom. The highest BCUT2D eigenvalue weighted by molar-refractivity contribution is 6.62. The van der Waals surface area contributed by atoms with Crippen LogP contribution in [0.2, 0.25) is 0 Å². The topological polar surface area (TPSA) is 57.4 Å². The molecule has 3 heterocycles. The first-order chi connectivity index (χ1) is 12.6. The fourth-order valence-electron chi connectivity index (χ4n) is 2.79. The minimum atomic E-state index is -4.39. The number of rotatable bonds is 2. The molecule has 1 aliphatic heterocycles. The number of benzene rings is 1. The van der Waals surface area contributed by atoms with Crippen molar-refractivity contribution in [2.45, 2.75) is 38.7 Å². The Morgan fingerprint density at radius 1 is 1.15 bits per heavy atom. The zero-order valence-corrected chi connectivity index (χ0v) is 14.9. The van der Waals surface area contributed by atoms with Crippen molar-refractivity contribution < 1.29 is 26.9 Å². The molecule has 0 amide bonds. The van der Waals surface area contributed by atoms with Crippen LogP contribution < -0.4 is 5.46 Å². The molecule has 3 aromatic rings. The van der Waals surface area contributed by atoms with Gasteiger partial charge in [-0.3, -0.25) is 0 Å². The number of fused-ring (bicyclic) bond motifs is 1. The third-order valence-electron chi connectivity index (χ3n) is 4.72. The maximum atomic E-state index is 12.7. The molecule has 1 atom stereocenters. The molecule has 1 aromatic carbocycles. The van der Waals surface area contributed by atoms with Crippen molar-refractivity contribution in [2.24, 2.45) is 0 Å². The first kappa shape index (κ1) is 18.0. The second kappa shape index (κ2) is 6.07. The van der Waals surface area contributed by atoms with Crippen molar-refractivity contribution in [3.8, 4) is 11.5 Å². The molecule has 2 aromatic heterocycles. The Balaban J connectivity index is 1.64. The molecule has 0 N–H and O–H groups in total. The van der Waals surface area contributed by atoms with Crippen LogP contribution in [0.4, 0.5) is 13.2 Å². The summed E-state index contributed by atoms with van der Waals surface area (Å²) in [6.45, 7) is 5.83. The molecule has 1 unspecified atom stereocenters. The van der Waals surface area contributed by atoms with E-state index >= 15 is 0 Å². The van der Waals surface area contributed by atoms with Crippen LogP contribution in [-0.4, -0.2) is 28.8 Å². The van der Waals surface area contributed by atoms with E-state index in [1.165, 1.54) is 12.1 Å². The first-order valence-corrected chi connectivity index (χ1v) is 8.41. The molecule has 0 radical (unpaired) electrons. The Morgan fingerprint density at radius 2 is 1.85 bits per heavy atom. The van der Waals surface area contributed by atoms with Gasteiger partial charge in [-0.2, -0.15) is 13.2 Å². The Kier molecular flexibility index (Phi) is 4.05. The second-order valence-corrected chi connectivity index (χ2v) is 7.02. The van der Waals surface area contributed by atoms with Crippen LogP contribution in [0.15, 0.2) is 40.9 Å². The normalized spacial score (nSPS) is 19.8. The van der Waals surface area contributed by atoms with E-state index in [-0.39, 0.29) is 12.0 Å². The molecule has 9 heteroatoms. The van der Waals surface area contributed by atoms with Crippen molar-refractivity contribution in [3.05, 3.63) is 42.1 Å². The van der Waals surface area contributed by atoms with E-state index in [0.29, 0.717) is 22.3 Å². The summed E-state index contributed by atoms with van der Waals surface area (Å²) < 4.78 is 55.4. The largest absolute Gasteiger partial charge is 0.496 e. The molecule has 4 rings (SSSR count). The number of halogens is 3. The van der Waals surface area contributed by atoms with Gasteiger partial charge in [0.1, 0.15) is 5.52 Å². The number of pyridine rings is 1. The first-order valence-electron chi connectivity index (χ1n) is 8.41. The van der Waals surface area contributed by atoms with Crippen molar-refractivity contribution in [3.63, 3.8) is 0 Å². The molecule has 0 bridgehead atoms. The van der Waals surface area contributed by atoms with E-state index in [2.05, 4.69) is 9.97 Å². The van der Waals surface area contributed by atoms with Gasteiger partial charge in [-0.15, -0.1) is 0 Å². The van der Waals surface area contributed by atoms with E-state index in [1.807, 2.05) is 20.8 Å².